The van der Waals surface area contributed by atoms with Gasteiger partial charge < -0.3 is 15.3 Å². The Morgan fingerprint density at radius 2 is 2.00 bits per heavy atom. The first-order chi connectivity index (χ1) is 13.1. The van der Waals surface area contributed by atoms with Crippen LogP contribution in [0.3, 0.4) is 0 Å². The van der Waals surface area contributed by atoms with E-state index in [1.165, 1.54) is 17.5 Å². The number of piperazine rings is 1. The van der Waals surface area contributed by atoms with Crippen molar-refractivity contribution in [3.8, 4) is 0 Å². The highest BCUT2D eigenvalue weighted by Gasteiger charge is 2.23. The van der Waals surface area contributed by atoms with Crippen LogP contribution in [-0.4, -0.2) is 51.6 Å². The van der Waals surface area contributed by atoms with Crippen LogP contribution in [0.5, 0.6) is 0 Å². The molecule has 136 valence electrons. The lowest BCUT2D eigenvalue weighted by Crippen LogP contribution is -2.44. The van der Waals surface area contributed by atoms with E-state index in [-0.39, 0.29) is 10.9 Å². The number of benzene rings is 1. The molecule has 9 heteroatoms. The standard InChI is InChI=1S/C18H15N5O3S/c24-14-10-9-20-18(22-7-5-19-6-8-22)21-15(10)23-11-3-1-2-4-12(11)27-16(23)13(14)17(25)26/h1-4,9,19H,5-8H2,(H,25,26). The van der Waals surface area contributed by atoms with Crippen molar-refractivity contribution in [2.45, 2.75) is 0 Å². The minimum Gasteiger partial charge on any atom is -0.477 e. The zero-order chi connectivity index (χ0) is 18.5. The number of nitrogens with one attached hydrogen (secondary N) is 1. The van der Waals surface area contributed by atoms with Crippen molar-refractivity contribution in [3.63, 3.8) is 0 Å². The minimum absolute atomic E-state index is 0.215. The molecule has 0 bridgehead atoms. The fourth-order valence-corrected chi connectivity index (χ4v) is 4.67. The van der Waals surface area contributed by atoms with Crippen LogP contribution in [0.15, 0.2) is 35.3 Å². The van der Waals surface area contributed by atoms with Crippen LogP contribution < -0.4 is 15.6 Å². The average molecular weight is 381 g/mol. The van der Waals surface area contributed by atoms with E-state index < -0.39 is 11.4 Å². The number of thiazole rings is 1. The SMILES string of the molecule is O=C(O)c1c(=O)c2cnc(N3CCNCC3)nc2n2c1sc1ccccc12. The molecule has 0 atom stereocenters. The maximum absolute atomic E-state index is 12.9. The van der Waals surface area contributed by atoms with Crippen molar-refractivity contribution in [1.82, 2.24) is 19.7 Å². The molecule has 0 saturated carbocycles. The molecule has 1 saturated heterocycles. The Kier molecular flexibility index (Phi) is 3.59. The van der Waals surface area contributed by atoms with Gasteiger partial charge in [-0.15, -0.1) is 11.3 Å². The van der Waals surface area contributed by atoms with Gasteiger partial charge >= 0.3 is 5.97 Å². The monoisotopic (exact) mass is 381 g/mol. The molecule has 1 aromatic carbocycles. The van der Waals surface area contributed by atoms with Crippen LogP contribution in [0.25, 0.3) is 26.1 Å². The van der Waals surface area contributed by atoms with Crippen molar-refractivity contribution in [3.05, 3.63) is 46.2 Å². The normalized spacial score (nSPS) is 15.0. The molecule has 0 radical (unpaired) electrons. The van der Waals surface area contributed by atoms with Gasteiger partial charge in [-0.3, -0.25) is 9.20 Å². The highest BCUT2D eigenvalue weighted by Crippen LogP contribution is 2.30. The summed E-state index contributed by atoms with van der Waals surface area (Å²) >= 11 is 1.29. The van der Waals surface area contributed by atoms with Crippen molar-refractivity contribution in [2.24, 2.45) is 0 Å². The molecule has 0 spiro atoms. The van der Waals surface area contributed by atoms with Gasteiger partial charge in [0.25, 0.3) is 0 Å². The van der Waals surface area contributed by atoms with Gasteiger partial charge in [-0.05, 0) is 12.1 Å². The number of aromatic carboxylic acids is 1. The van der Waals surface area contributed by atoms with Crippen LogP contribution in [0.4, 0.5) is 5.95 Å². The number of pyridine rings is 1. The highest BCUT2D eigenvalue weighted by molar-refractivity contribution is 7.24. The van der Waals surface area contributed by atoms with Gasteiger partial charge in [0.15, 0.2) is 5.65 Å². The van der Waals surface area contributed by atoms with Gasteiger partial charge in [0, 0.05) is 32.4 Å². The molecule has 2 N–H and O–H groups in total. The maximum Gasteiger partial charge on any atom is 0.342 e. The Bertz CT molecular complexity index is 1270. The number of rotatable bonds is 2. The van der Waals surface area contributed by atoms with Gasteiger partial charge in [0.2, 0.25) is 11.4 Å². The first-order valence-corrected chi connectivity index (χ1v) is 9.39. The van der Waals surface area contributed by atoms with Crippen LogP contribution in [0, 0.1) is 0 Å². The number of carbonyl (C=O) groups is 1. The fraction of sp³-hybridized carbons (Fsp3) is 0.222. The third kappa shape index (κ3) is 2.39. The summed E-state index contributed by atoms with van der Waals surface area (Å²) in [5, 5.41) is 13.1. The average Bonchev–Trinajstić information content (AvgIpc) is 3.07. The Balaban J connectivity index is 1.92. The second-order valence-electron chi connectivity index (χ2n) is 6.36. The number of aromatic nitrogens is 3. The molecule has 27 heavy (non-hydrogen) atoms. The lowest BCUT2D eigenvalue weighted by molar-refractivity contribution is 0.0698. The number of carboxylic acid groups (broad SMARTS) is 1. The summed E-state index contributed by atoms with van der Waals surface area (Å²) in [6.07, 6.45) is 1.45. The number of carboxylic acids is 1. The summed E-state index contributed by atoms with van der Waals surface area (Å²) in [5.41, 5.74) is 0.495. The van der Waals surface area contributed by atoms with Crippen LogP contribution in [0.1, 0.15) is 10.4 Å². The summed E-state index contributed by atoms with van der Waals surface area (Å²) < 4.78 is 2.67. The molecule has 3 aromatic heterocycles. The van der Waals surface area contributed by atoms with E-state index in [9.17, 15) is 14.7 Å². The molecule has 0 unspecified atom stereocenters. The Morgan fingerprint density at radius 3 is 2.78 bits per heavy atom. The van der Waals surface area contributed by atoms with Crippen LogP contribution in [0.2, 0.25) is 0 Å². The maximum atomic E-state index is 12.9. The fourth-order valence-electron chi connectivity index (χ4n) is 3.49. The molecule has 8 nitrogen and oxygen atoms in total. The number of hydrogen-bond donors (Lipinski definition) is 2. The molecule has 1 aliphatic rings. The number of nitrogens with zero attached hydrogens (tertiary/aromatic N) is 4. The van der Waals surface area contributed by atoms with Crippen molar-refractivity contribution in [2.75, 3.05) is 31.1 Å². The highest BCUT2D eigenvalue weighted by atomic mass is 32.1. The topological polar surface area (TPSA) is 99.8 Å². The van der Waals surface area contributed by atoms with Gasteiger partial charge in [-0.1, -0.05) is 12.1 Å². The van der Waals surface area contributed by atoms with Crippen LogP contribution >= 0.6 is 11.3 Å². The summed E-state index contributed by atoms with van der Waals surface area (Å²) in [6, 6.07) is 7.59. The summed E-state index contributed by atoms with van der Waals surface area (Å²) in [6.45, 7) is 3.24. The molecular formula is C18H15N5O3S. The predicted molar refractivity (Wildman–Crippen MR) is 104 cm³/mol. The van der Waals surface area contributed by atoms with E-state index in [4.69, 9.17) is 0 Å². The van der Waals surface area contributed by atoms with Crippen molar-refractivity contribution in [1.29, 1.82) is 0 Å². The Hall–Kier alpha value is -3.04. The Labute approximate surface area is 156 Å². The van der Waals surface area contributed by atoms with Crippen LogP contribution in [-0.2, 0) is 0 Å². The molecule has 1 aliphatic heterocycles. The second kappa shape index (κ2) is 6.00. The van der Waals surface area contributed by atoms with Gasteiger partial charge in [0.05, 0.1) is 15.6 Å². The second-order valence-corrected chi connectivity index (χ2v) is 7.39. The lowest BCUT2D eigenvalue weighted by atomic mass is 10.2. The zero-order valence-corrected chi connectivity index (χ0v) is 15.0. The molecule has 5 rings (SSSR count). The molecule has 1 fully saturated rings. The quantitative estimate of drug-likeness (QED) is 0.544. The predicted octanol–water partition coefficient (Wildman–Crippen LogP) is 1.57. The van der Waals surface area contributed by atoms with E-state index in [0.29, 0.717) is 16.4 Å². The van der Waals surface area contributed by atoms with E-state index in [1.807, 2.05) is 24.3 Å². The number of hydrogen-bond acceptors (Lipinski definition) is 7. The molecule has 4 heterocycles. The molecule has 0 aliphatic carbocycles. The molecule has 4 aromatic rings. The number of para-hydroxylation sites is 1. The van der Waals surface area contributed by atoms with E-state index in [2.05, 4.69) is 20.2 Å². The number of fused-ring (bicyclic) bond motifs is 5. The zero-order valence-electron chi connectivity index (χ0n) is 14.2. The van der Waals surface area contributed by atoms with Gasteiger partial charge in [-0.2, -0.15) is 4.98 Å². The third-order valence-corrected chi connectivity index (χ3v) is 5.93. The first-order valence-electron chi connectivity index (χ1n) is 8.57. The van der Waals surface area contributed by atoms with Crippen molar-refractivity contribution >= 4 is 49.3 Å². The van der Waals surface area contributed by atoms with E-state index in [1.54, 1.807) is 4.40 Å². The molecular weight excluding hydrogens is 366 g/mol. The summed E-state index contributed by atoms with van der Waals surface area (Å²) in [5.74, 6) is -0.687. The lowest BCUT2D eigenvalue weighted by Gasteiger charge is -2.27. The Morgan fingerprint density at radius 1 is 1.22 bits per heavy atom. The largest absolute Gasteiger partial charge is 0.477 e. The molecule has 0 amide bonds. The smallest absolute Gasteiger partial charge is 0.342 e. The van der Waals surface area contributed by atoms with Crippen molar-refractivity contribution < 1.29 is 9.90 Å². The number of anilines is 1. The van der Waals surface area contributed by atoms with E-state index in [0.717, 1.165) is 36.4 Å². The first kappa shape index (κ1) is 16.2. The summed E-state index contributed by atoms with van der Waals surface area (Å²) in [4.78, 5) is 36.1. The van der Waals surface area contributed by atoms with Gasteiger partial charge in [-0.25, -0.2) is 9.78 Å². The minimum atomic E-state index is -1.24. The summed E-state index contributed by atoms with van der Waals surface area (Å²) in [7, 11) is 0. The van der Waals surface area contributed by atoms with E-state index >= 15 is 0 Å². The van der Waals surface area contributed by atoms with Gasteiger partial charge in [0.1, 0.15) is 10.4 Å². The third-order valence-electron chi connectivity index (χ3n) is 4.78.